The Bertz CT molecular complexity index is 628. The monoisotopic (exact) mass is 265 g/mol. The summed E-state index contributed by atoms with van der Waals surface area (Å²) < 4.78 is 4.75. The lowest BCUT2D eigenvalue weighted by Gasteiger charge is -2.10. The molecule has 0 unspecified atom stereocenters. The van der Waals surface area contributed by atoms with Crippen molar-refractivity contribution in [2.75, 3.05) is 19.5 Å². The number of carbonyl (C=O) groups excluding carboxylic acids is 1. The zero-order chi connectivity index (χ0) is 13.3. The van der Waals surface area contributed by atoms with Crippen LogP contribution in [0.2, 0.25) is 5.15 Å². The second-order valence-corrected chi connectivity index (χ2v) is 4.12. The Balaban J connectivity index is 2.81. The molecule has 18 heavy (non-hydrogen) atoms. The topological polar surface area (TPSA) is 64.1 Å². The number of hydrogen-bond donors (Lipinski definition) is 1. The number of hydrogen-bond acceptors (Lipinski definition) is 5. The van der Waals surface area contributed by atoms with Crippen LogP contribution in [0.15, 0.2) is 12.1 Å². The van der Waals surface area contributed by atoms with E-state index in [4.69, 9.17) is 16.3 Å². The van der Waals surface area contributed by atoms with Crippen molar-refractivity contribution in [2.45, 2.75) is 6.92 Å². The average Bonchev–Trinajstić information content (AvgIpc) is 2.40. The molecule has 6 heteroatoms. The number of nitrogens with one attached hydrogen (secondary N) is 1. The minimum Gasteiger partial charge on any atom is -0.465 e. The van der Waals surface area contributed by atoms with Gasteiger partial charge in [-0.05, 0) is 19.1 Å². The molecule has 0 fully saturated rings. The molecular formula is C12H12ClN3O2. The van der Waals surface area contributed by atoms with Gasteiger partial charge in [-0.1, -0.05) is 11.6 Å². The van der Waals surface area contributed by atoms with Crippen molar-refractivity contribution >= 4 is 34.0 Å². The third-order valence-corrected chi connectivity index (χ3v) is 3.01. The molecule has 1 aromatic heterocycles. The highest BCUT2D eigenvalue weighted by Crippen LogP contribution is 2.29. The van der Waals surface area contributed by atoms with Gasteiger partial charge < -0.3 is 10.1 Å². The van der Waals surface area contributed by atoms with Crippen LogP contribution in [0.25, 0.3) is 10.8 Å². The standard InChI is InChI=1S/C12H12ClN3O2/c1-6-7-4-9(12(17)18-3)10(14-2)5-8(7)11(13)16-15-6/h4-5,14H,1-3H3. The molecule has 0 aliphatic carbocycles. The average molecular weight is 266 g/mol. The number of carbonyl (C=O) groups is 1. The van der Waals surface area contributed by atoms with Crippen LogP contribution in [0.5, 0.6) is 0 Å². The number of benzene rings is 1. The number of rotatable bonds is 2. The molecule has 0 bridgehead atoms. The summed E-state index contributed by atoms with van der Waals surface area (Å²) in [6.07, 6.45) is 0. The number of fused-ring (bicyclic) bond motifs is 1. The summed E-state index contributed by atoms with van der Waals surface area (Å²) in [4.78, 5) is 11.7. The van der Waals surface area contributed by atoms with E-state index < -0.39 is 5.97 Å². The number of nitrogens with zero attached hydrogens (tertiary/aromatic N) is 2. The summed E-state index contributed by atoms with van der Waals surface area (Å²) in [5.74, 6) is -0.409. The van der Waals surface area contributed by atoms with E-state index in [0.717, 1.165) is 10.8 Å². The van der Waals surface area contributed by atoms with Crippen LogP contribution in [0.1, 0.15) is 16.1 Å². The maximum Gasteiger partial charge on any atom is 0.339 e. The second-order valence-electron chi connectivity index (χ2n) is 3.76. The first kappa shape index (κ1) is 12.6. The van der Waals surface area contributed by atoms with Gasteiger partial charge in [-0.15, -0.1) is 5.10 Å². The fourth-order valence-electron chi connectivity index (χ4n) is 1.78. The van der Waals surface area contributed by atoms with Crippen molar-refractivity contribution < 1.29 is 9.53 Å². The van der Waals surface area contributed by atoms with Gasteiger partial charge in [-0.3, -0.25) is 0 Å². The molecule has 0 radical (unpaired) electrons. The molecule has 1 heterocycles. The predicted molar refractivity (Wildman–Crippen MR) is 70.2 cm³/mol. The summed E-state index contributed by atoms with van der Waals surface area (Å²) in [6, 6.07) is 3.48. The number of anilines is 1. The van der Waals surface area contributed by atoms with E-state index >= 15 is 0 Å². The van der Waals surface area contributed by atoms with E-state index in [2.05, 4.69) is 15.5 Å². The largest absolute Gasteiger partial charge is 0.465 e. The molecular weight excluding hydrogens is 254 g/mol. The molecule has 2 rings (SSSR count). The molecule has 0 aliphatic rings. The lowest BCUT2D eigenvalue weighted by atomic mass is 10.1. The normalized spacial score (nSPS) is 10.4. The first-order valence-electron chi connectivity index (χ1n) is 5.31. The minimum atomic E-state index is -0.409. The summed E-state index contributed by atoms with van der Waals surface area (Å²) >= 11 is 6.01. The lowest BCUT2D eigenvalue weighted by Crippen LogP contribution is -2.06. The van der Waals surface area contributed by atoms with E-state index in [1.807, 2.05) is 6.92 Å². The van der Waals surface area contributed by atoms with E-state index in [-0.39, 0.29) is 0 Å². The van der Waals surface area contributed by atoms with E-state index in [9.17, 15) is 4.79 Å². The van der Waals surface area contributed by atoms with Gasteiger partial charge in [0.25, 0.3) is 0 Å². The van der Waals surface area contributed by atoms with Crippen molar-refractivity contribution in [3.63, 3.8) is 0 Å². The molecule has 1 N–H and O–H groups in total. The van der Waals surface area contributed by atoms with Crippen LogP contribution in [0, 0.1) is 6.92 Å². The van der Waals surface area contributed by atoms with Gasteiger partial charge in [0.05, 0.1) is 18.4 Å². The predicted octanol–water partition coefficient (Wildman–Crippen LogP) is 2.42. The fourth-order valence-corrected chi connectivity index (χ4v) is 1.98. The lowest BCUT2D eigenvalue weighted by molar-refractivity contribution is 0.0602. The zero-order valence-electron chi connectivity index (χ0n) is 10.2. The van der Waals surface area contributed by atoms with Crippen molar-refractivity contribution in [1.82, 2.24) is 10.2 Å². The molecule has 0 aliphatic heterocycles. The third-order valence-electron chi connectivity index (χ3n) is 2.73. The number of ether oxygens (including phenoxy) is 1. The van der Waals surface area contributed by atoms with E-state index in [0.29, 0.717) is 22.1 Å². The summed E-state index contributed by atoms with van der Waals surface area (Å²) in [5, 5.41) is 12.6. The van der Waals surface area contributed by atoms with Crippen LogP contribution in [0.4, 0.5) is 5.69 Å². The zero-order valence-corrected chi connectivity index (χ0v) is 11.0. The van der Waals surface area contributed by atoms with Gasteiger partial charge >= 0.3 is 5.97 Å². The molecule has 0 saturated carbocycles. The highest BCUT2D eigenvalue weighted by Gasteiger charge is 2.15. The van der Waals surface area contributed by atoms with Crippen LogP contribution in [-0.2, 0) is 4.74 Å². The van der Waals surface area contributed by atoms with Crippen molar-refractivity contribution in [1.29, 1.82) is 0 Å². The van der Waals surface area contributed by atoms with Gasteiger partial charge in [0.15, 0.2) is 5.15 Å². The molecule has 94 valence electrons. The third kappa shape index (κ3) is 1.97. The molecule has 5 nitrogen and oxygen atoms in total. The van der Waals surface area contributed by atoms with Crippen molar-refractivity contribution in [2.24, 2.45) is 0 Å². The molecule has 0 amide bonds. The first-order valence-corrected chi connectivity index (χ1v) is 5.69. The maximum absolute atomic E-state index is 11.7. The van der Waals surface area contributed by atoms with E-state index in [1.165, 1.54) is 7.11 Å². The summed E-state index contributed by atoms with van der Waals surface area (Å²) in [6.45, 7) is 1.81. The smallest absolute Gasteiger partial charge is 0.339 e. The number of methoxy groups -OCH3 is 1. The Kier molecular flexibility index (Phi) is 3.34. The summed E-state index contributed by atoms with van der Waals surface area (Å²) in [5.41, 5.74) is 1.80. The molecule has 0 saturated heterocycles. The molecule has 0 spiro atoms. The summed E-state index contributed by atoms with van der Waals surface area (Å²) in [7, 11) is 3.07. The van der Waals surface area contributed by atoms with Crippen molar-refractivity contribution in [3.05, 3.63) is 28.5 Å². The molecule has 1 aromatic carbocycles. The Morgan fingerprint density at radius 1 is 1.33 bits per heavy atom. The number of aryl methyl sites for hydroxylation is 1. The first-order chi connectivity index (χ1) is 8.58. The van der Waals surface area contributed by atoms with Gasteiger partial charge in [-0.25, -0.2) is 4.79 Å². The highest BCUT2D eigenvalue weighted by atomic mass is 35.5. The SMILES string of the molecule is CNc1cc2c(Cl)nnc(C)c2cc1C(=O)OC. The number of aromatic nitrogens is 2. The quantitative estimate of drug-likeness (QED) is 0.845. The Labute approximate surface area is 109 Å². The Hall–Kier alpha value is -1.88. The Morgan fingerprint density at radius 3 is 2.67 bits per heavy atom. The van der Waals surface area contributed by atoms with Crippen LogP contribution in [0.3, 0.4) is 0 Å². The van der Waals surface area contributed by atoms with Gasteiger partial charge in [0.1, 0.15) is 0 Å². The number of esters is 1. The van der Waals surface area contributed by atoms with Crippen LogP contribution >= 0.6 is 11.6 Å². The maximum atomic E-state index is 11.7. The molecule has 0 atom stereocenters. The number of halogens is 1. The Morgan fingerprint density at radius 2 is 2.06 bits per heavy atom. The van der Waals surface area contributed by atoms with Crippen molar-refractivity contribution in [3.8, 4) is 0 Å². The van der Waals surface area contributed by atoms with Gasteiger partial charge in [0, 0.05) is 23.5 Å². The van der Waals surface area contributed by atoms with Crippen LogP contribution < -0.4 is 5.32 Å². The highest BCUT2D eigenvalue weighted by molar-refractivity contribution is 6.34. The second kappa shape index (κ2) is 4.78. The van der Waals surface area contributed by atoms with Gasteiger partial charge in [0.2, 0.25) is 0 Å². The van der Waals surface area contributed by atoms with Crippen LogP contribution in [-0.4, -0.2) is 30.3 Å². The van der Waals surface area contributed by atoms with Gasteiger partial charge in [-0.2, -0.15) is 5.10 Å². The minimum absolute atomic E-state index is 0.309. The van der Waals surface area contributed by atoms with E-state index in [1.54, 1.807) is 19.2 Å². The fraction of sp³-hybridized carbons (Fsp3) is 0.250. The molecule has 2 aromatic rings.